The van der Waals surface area contributed by atoms with Crippen LogP contribution >= 0.6 is 0 Å². The number of nitrogens with zero attached hydrogens (tertiary/aromatic N) is 4. The lowest BCUT2D eigenvalue weighted by molar-refractivity contribution is -0.122. The first-order valence-electron chi connectivity index (χ1n) is 8.80. The number of carbonyl (C=O) groups excluding carboxylic acids is 1. The van der Waals surface area contributed by atoms with E-state index in [-0.39, 0.29) is 18.5 Å². The Hall–Kier alpha value is -3.02. The molecule has 0 radical (unpaired) electrons. The third-order valence-electron chi connectivity index (χ3n) is 4.77. The Morgan fingerprint density at radius 2 is 1.92 bits per heavy atom. The lowest BCUT2D eigenvalue weighted by atomic mass is 10.0. The fraction of sp³-hybridized carbons (Fsp3) is 0.300. The van der Waals surface area contributed by atoms with E-state index in [1.807, 2.05) is 43.3 Å². The zero-order valence-electron chi connectivity index (χ0n) is 14.9. The molecule has 1 saturated carbocycles. The van der Waals surface area contributed by atoms with Crippen LogP contribution in [0.2, 0.25) is 0 Å². The maximum absolute atomic E-state index is 12.3. The van der Waals surface area contributed by atoms with E-state index in [0.29, 0.717) is 11.7 Å². The Labute approximate surface area is 152 Å². The number of aryl methyl sites for hydroxylation is 2. The third-order valence-corrected chi connectivity index (χ3v) is 4.77. The molecule has 2 aromatic carbocycles. The van der Waals surface area contributed by atoms with Crippen molar-refractivity contribution in [3.63, 3.8) is 0 Å². The molecule has 0 saturated heterocycles. The van der Waals surface area contributed by atoms with Crippen molar-refractivity contribution in [1.29, 1.82) is 0 Å². The Balaban J connectivity index is 1.35. The minimum Gasteiger partial charge on any atom is -0.351 e. The van der Waals surface area contributed by atoms with Gasteiger partial charge < -0.3 is 5.32 Å². The molecule has 4 rings (SSSR count). The smallest absolute Gasteiger partial charge is 0.243 e. The zero-order valence-corrected chi connectivity index (χ0v) is 14.9. The van der Waals surface area contributed by atoms with Gasteiger partial charge in [-0.05, 0) is 36.6 Å². The largest absolute Gasteiger partial charge is 0.351 e. The van der Waals surface area contributed by atoms with Crippen molar-refractivity contribution < 1.29 is 4.79 Å². The van der Waals surface area contributed by atoms with Gasteiger partial charge >= 0.3 is 0 Å². The number of nitrogens with one attached hydrogen (secondary N) is 1. The first kappa shape index (κ1) is 16.4. The zero-order chi connectivity index (χ0) is 18.1. The number of benzene rings is 2. The van der Waals surface area contributed by atoms with Gasteiger partial charge in [0, 0.05) is 17.5 Å². The van der Waals surface area contributed by atoms with Crippen LogP contribution in [0.15, 0.2) is 48.5 Å². The van der Waals surface area contributed by atoms with Crippen LogP contribution in [0.25, 0.3) is 11.4 Å². The Morgan fingerprint density at radius 1 is 1.15 bits per heavy atom. The van der Waals surface area contributed by atoms with Crippen LogP contribution in [0.4, 0.5) is 0 Å². The first-order valence-corrected chi connectivity index (χ1v) is 8.80. The molecular weight excluding hydrogens is 326 g/mol. The van der Waals surface area contributed by atoms with E-state index in [1.165, 1.54) is 21.5 Å². The van der Waals surface area contributed by atoms with E-state index in [0.717, 1.165) is 12.0 Å². The van der Waals surface area contributed by atoms with Crippen molar-refractivity contribution in [2.45, 2.75) is 38.8 Å². The molecule has 132 valence electrons. The highest BCUT2D eigenvalue weighted by Gasteiger charge is 2.40. The lowest BCUT2D eigenvalue weighted by Crippen LogP contribution is -2.31. The van der Waals surface area contributed by atoms with Crippen LogP contribution in [0.1, 0.15) is 29.0 Å². The van der Waals surface area contributed by atoms with Crippen LogP contribution < -0.4 is 5.32 Å². The molecule has 0 unspecified atom stereocenters. The van der Waals surface area contributed by atoms with E-state index in [4.69, 9.17) is 0 Å². The summed E-state index contributed by atoms with van der Waals surface area (Å²) in [6.07, 6.45) is 0.982. The van der Waals surface area contributed by atoms with Crippen LogP contribution in [0.3, 0.4) is 0 Å². The number of carbonyl (C=O) groups is 1. The van der Waals surface area contributed by atoms with Crippen molar-refractivity contribution in [1.82, 2.24) is 25.5 Å². The summed E-state index contributed by atoms with van der Waals surface area (Å²) in [5.74, 6) is 0.855. The highest BCUT2D eigenvalue weighted by atomic mass is 16.2. The van der Waals surface area contributed by atoms with Crippen molar-refractivity contribution >= 4 is 5.91 Å². The second-order valence-corrected chi connectivity index (χ2v) is 6.88. The molecule has 6 heteroatoms. The fourth-order valence-corrected chi connectivity index (χ4v) is 3.21. The lowest BCUT2D eigenvalue weighted by Gasteiger charge is -2.06. The molecule has 1 heterocycles. The highest BCUT2D eigenvalue weighted by Crippen LogP contribution is 2.42. The minimum atomic E-state index is -0.0843. The van der Waals surface area contributed by atoms with Crippen molar-refractivity contribution in [3.8, 4) is 11.4 Å². The summed E-state index contributed by atoms with van der Waals surface area (Å²) in [5.41, 5.74) is 4.66. The summed E-state index contributed by atoms with van der Waals surface area (Å²) in [7, 11) is 0. The first-order chi connectivity index (χ1) is 12.6. The molecule has 1 N–H and O–H groups in total. The molecular formula is C20H21N5O. The maximum atomic E-state index is 12.3. The van der Waals surface area contributed by atoms with E-state index in [9.17, 15) is 4.79 Å². The summed E-state index contributed by atoms with van der Waals surface area (Å²) >= 11 is 0. The number of aromatic nitrogens is 4. The Morgan fingerprint density at radius 3 is 2.69 bits per heavy atom. The van der Waals surface area contributed by atoms with Gasteiger partial charge in [-0.2, -0.15) is 4.80 Å². The van der Waals surface area contributed by atoms with E-state index >= 15 is 0 Å². The standard InChI is InChI=1S/C20H21N5O/c1-13-7-9-15(10-8-13)20-22-24-25(23-20)12-19(26)21-18-11-17(18)16-6-4-3-5-14(16)2/h3-10,17-18H,11-12H2,1-2H3,(H,21,26)/t17-,18+/m1/s1. The molecule has 1 amide bonds. The summed E-state index contributed by atoms with van der Waals surface area (Å²) < 4.78 is 0. The second-order valence-electron chi connectivity index (χ2n) is 6.88. The van der Waals surface area contributed by atoms with Gasteiger partial charge in [-0.1, -0.05) is 54.1 Å². The number of hydrogen-bond acceptors (Lipinski definition) is 4. The Bertz CT molecular complexity index is 931. The third kappa shape index (κ3) is 3.49. The number of tetrazole rings is 1. The molecule has 0 aliphatic heterocycles. The second kappa shape index (κ2) is 6.71. The van der Waals surface area contributed by atoms with Gasteiger partial charge in [-0.25, -0.2) is 0 Å². The van der Waals surface area contributed by atoms with Crippen LogP contribution in [-0.2, 0) is 11.3 Å². The summed E-state index contributed by atoms with van der Waals surface area (Å²) in [6.45, 7) is 4.22. The molecule has 1 fully saturated rings. The van der Waals surface area contributed by atoms with Gasteiger partial charge in [0.15, 0.2) is 0 Å². The minimum absolute atomic E-state index is 0.0792. The number of hydrogen-bond donors (Lipinski definition) is 1. The molecule has 1 aromatic heterocycles. The van der Waals surface area contributed by atoms with Crippen molar-refractivity contribution in [2.75, 3.05) is 0 Å². The predicted octanol–water partition coefficient (Wildman–Crippen LogP) is 2.63. The van der Waals surface area contributed by atoms with Gasteiger partial charge in [-0.15, -0.1) is 10.2 Å². The van der Waals surface area contributed by atoms with E-state index in [1.54, 1.807) is 0 Å². The molecule has 3 aromatic rings. The maximum Gasteiger partial charge on any atom is 0.243 e. The molecule has 0 bridgehead atoms. The summed E-state index contributed by atoms with van der Waals surface area (Å²) in [6, 6.07) is 16.4. The van der Waals surface area contributed by atoms with Gasteiger partial charge in [0.1, 0.15) is 6.54 Å². The molecule has 0 spiro atoms. The molecule has 26 heavy (non-hydrogen) atoms. The summed E-state index contributed by atoms with van der Waals surface area (Å²) in [5, 5.41) is 15.4. The van der Waals surface area contributed by atoms with E-state index in [2.05, 4.69) is 39.8 Å². The van der Waals surface area contributed by atoms with Crippen molar-refractivity contribution in [3.05, 3.63) is 65.2 Å². The topological polar surface area (TPSA) is 72.7 Å². The molecule has 1 aliphatic rings. The normalized spacial score (nSPS) is 18.5. The quantitative estimate of drug-likeness (QED) is 0.770. The van der Waals surface area contributed by atoms with Gasteiger partial charge in [-0.3, -0.25) is 4.79 Å². The average molecular weight is 347 g/mol. The van der Waals surface area contributed by atoms with E-state index < -0.39 is 0 Å². The Kier molecular flexibility index (Phi) is 4.24. The van der Waals surface area contributed by atoms with Crippen LogP contribution in [0, 0.1) is 13.8 Å². The number of rotatable bonds is 5. The van der Waals surface area contributed by atoms with Crippen molar-refractivity contribution in [2.24, 2.45) is 0 Å². The SMILES string of the molecule is Cc1ccc(-c2nnn(CC(=O)N[C@H]3C[C@@H]3c3ccccc3C)n2)cc1. The molecule has 2 atom stereocenters. The predicted molar refractivity (Wildman–Crippen MR) is 98.5 cm³/mol. The molecule has 6 nitrogen and oxygen atoms in total. The highest BCUT2D eigenvalue weighted by molar-refractivity contribution is 5.76. The van der Waals surface area contributed by atoms with Gasteiger partial charge in [0.2, 0.25) is 11.7 Å². The van der Waals surface area contributed by atoms with Crippen LogP contribution in [-0.4, -0.2) is 32.2 Å². The monoisotopic (exact) mass is 347 g/mol. The average Bonchev–Trinajstić information content (AvgIpc) is 3.21. The van der Waals surface area contributed by atoms with Gasteiger partial charge in [0.25, 0.3) is 0 Å². The van der Waals surface area contributed by atoms with Crippen LogP contribution in [0.5, 0.6) is 0 Å². The molecule has 1 aliphatic carbocycles. The fourth-order valence-electron chi connectivity index (χ4n) is 3.21. The van der Waals surface area contributed by atoms with Gasteiger partial charge in [0.05, 0.1) is 0 Å². The summed E-state index contributed by atoms with van der Waals surface area (Å²) in [4.78, 5) is 13.6. The number of amides is 1.